The third-order valence-electron chi connectivity index (χ3n) is 4.79. The highest BCUT2D eigenvalue weighted by Crippen LogP contribution is 2.42. The van der Waals surface area contributed by atoms with Gasteiger partial charge in [-0.05, 0) is 53.6 Å². The van der Waals surface area contributed by atoms with Gasteiger partial charge in [0.15, 0.2) is 0 Å². The zero-order chi connectivity index (χ0) is 18.6. The summed E-state index contributed by atoms with van der Waals surface area (Å²) >= 11 is 6.10. The van der Waals surface area contributed by atoms with E-state index in [1.807, 2.05) is 42.5 Å². The van der Waals surface area contributed by atoms with E-state index in [0.29, 0.717) is 5.92 Å². The van der Waals surface area contributed by atoms with Crippen LogP contribution in [0.15, 0.2) is 65.3 Å². The Morgan fingerprint density at radius 3 is 2.67 bits per heavy atom. The van der Waals surface area contributed by atoms with Gasteiger partial charge in [-0.2, -0.15) is 0 Å². The van der Waals surface area contributed by atoms with Gasteiger partial charge in [0.2, 0.25) is 0 Å². The zero-order valence-electron chi connectivity index (χ0n) is 15.0. The highest BCUT2D eigenvalue weighted by Gasteiger charge is 2.27. The molecule has 1 saturated carbocycles. The van der Waals surface area contributed by atoms with Crippen molar-refractivity contribution in [2.45, 2.75) is 38.2 Å². The van der Waals surface area contributed by atoms with E-state index >= 15 is 0 Å². The molecule has 4 heteroatoms. The topological polar surface area (TPSA) is 39.4 Å². The van der Waals surface area contributed by atoms with Crippen molar-refractivity contribution in [1.29, 1.82) is 0 Å². The second-order valence-corrected chi connectivity index (χ2v) is 7.47. The fourth-order valence-electron chi connectivity index (χ4n) is 3.26. The van der Waals surface area contributed by atoms with Crippen molar-refractivity contribution in [3.05, 3.63) is 93.9 Å². The van der Waals surface area contributed by atoms with Crippen LogP contribution >= 0.6 is 11.6 Å². The van der Waals surface area contributed by atoms with Gasteiger partial charge in [-0.3, -0.25) is 4.79 Å². The Kier molecular flexibility index (Phi) is 5.30. The molecule has 0 radical (unpaired) electrons. The van der Waals surface area contributed by atoms with Crippen LogP contribution in [0.25, 0.3) is 0 Å². The molecule has 1 aliphatic carbocycles. The van der Waals surface area contributed by atoms with E-state index in [2.05, 4.69) is 12.1 Å². The SMILES string of the molecule is O=C(Cc1ccc(Cl)cc1C1CC1)OCc1coc(Cc2ccccc2)c1. The minimum Gasteiger partial charge on any atom is -0.469 e. The Bertz CT molecular complexity index is 926. The number of esters is 1. The highest BCUT2D eigenvalue weighted by atomic mass is 35.5. The molecule has 0 N–H and O–H groups in total. The number of ether oxygens (including phenoxy) is 1. The summed E-state index contributed by atoms with van der Waals surface area (Å²) in [5.41, 5.74) is 4.26. The lowest BCUT2D eigenvalue weighted by molar-refractivity contribution is -0.144. The van der Waals surface area contributed by atoms with Gasteiger partial charge in [0.05, 0.1) is 12.7 Å². The number of carbonyl (C=O) groups is 1. The van der Waals surface area contributed by atoms with Gasteiger partial charge >= 0.3 is 5.97 Å². The number of carbonyl (C=O) groups excluding carboxylic acids is 1. The predicted octanol–water partition coefficient (Wildman–Crippen LogP) is 5.69. The van der Waals surface area contributed by atoms with Crippen LogP contribution in [0, 0.1) is 0 Å². The van der Waals surface area contributed by atoms with E-state index < -0.39 is 0 Å². The summed E-state index contributed by atoms with van der Waals surface area (Å²) in [5.74, 6) is 1.17. The van der Waals surface area contributed by atoms with E-state index in [9.17, 15) is 4.79 Å². The van der Waals surface area contributed by atoms with E-state index in [1.54, 1.807) is 6.26 Å². The van der Waals surface area contributed by atoms with Crippen LogP contribution in [0.2, 0.25) is 5.02 Å². The second kappa shape index (κ2) is 8.01. The monoisotopic (exact) mass is 380 g/mol. The third-order valence-corrected chi connectivity index (χ3v) is 5.02. The molecule has 3 nitrogen and oxygen atoms in total. The summed E-state index contributed by atoms with van der Waals surface area (Å²) < 4.78 is 11.0. The molecule has 27 heavy (non-hydrogen) atoms. The van der Waals surface area contributed by atoms with Crippen molar-refractivity contribution < 1.29 is 13.9 Å². The Morgan fingerprint density at radius 2 is 1.89 bits per heavy atom. The van der Waals surface area contributed by atoms with Gasteiger partial charge < -0.3 is 9.15 Å². The first-order chi connectivity index (χ1) is 13.2. The maximum Gasteiger partial charge on any atom is 0.310 e. The Hall–Kier alpha value is -2.52. The quantitative estimate of drug-likeness (QED) is 0.494. The van der Waals surface area contributed by atoms with Crippen molar-refractivity contribution in [1.82, 2.24) is 0 Å². The van der Waals surface area contributed by atoms with Crippen LogP contribution in [0.4, 0.5) is 0 Å². The minimum absolute atomic E-state index is 0.226. The molecular weight excluding hydrogens is 360 g/mol. The highest BCUT2D eigenvalue weighted by molar-refractivity contribution is 6.30. The fraction of sp³-hybridized carbons (Fsp3) is 0.261. The number of furan rings is 1. The smallest absolute Gasteiger partial charge is 0.310 e. The average Bonchev–Trinajstić information content (AvgIpc) is 3.42. The summed E-state index contributed by atoms with van der Waals surface area (Å²) in [6.07, 6.45) is 4.99. The Balaban J connectivity index is 1.32. The lowest BCUT2D eigenvalue weighted by atomic mass is 10.0. The van der Waals surface area contributed by atoms with E-state index in [4.69, 9.17) is 20.8 Å². The van der Waals surface area contributed by atoms with Gasteiger partial charge in [-0.1, -0.05) is 48.0 Å². The summed E-state index contributed by atoms with van der Waals surface area (Å²) in [7, 11) is 0. The lowest BCUT2D eigenvalue weighted by Gasteiger charge is -2.09. The molecule has 0 saturated heterocycles. The maximum absolute atomic E-state index is 12.3. The molecule has 0 amide bonds. The van der Waals surface area contributed by atoms with Crippen LogP contribution in [-0.2, 0) is 29.0 Å². The molecule has 1 aliphatic rings. The molecule has 2 aromatic carbocycles. The van der Waals surface area contributed by atoms with E-state index in [-0.39, 0.29) is 19.0 Å². The molecule has 0 aliphatic heterocycles. The van der Waals surface area contributed by atoms with Crippen molar-refractivity contribution in [3.8, 4) is 0 Å². The van der Waals surface area contributed by atoms with Crippen LogP contribution in [-0.4, -0.2) is 5.97 Å². The number of rotatable bonds is 7. The van der Waals surface area contributed by atoms with Crippen LogP contribution in [0.1, 0.15) is 46.8 Å². The molecule has 1 heterocycles. The summed E-state index contributed by atoms with van der Waals surface area (Å²) in [6, 6.07) is 17.8. The fourth-order valence-corrected chi connectivity index (χ4v) is 3.44. The van der Waals surface area contributed by atoms with Crippen LogP contribution in [0.5, 0.6) is 0 Å². The molecule has 0 bridgehead atoms. The van der Waals surface area contributed by atoms with Gasteiger partial charge in [-0.25, -0.2) is 0 Å². The third kappa shape index (κ3) is 4.81. The van der Waals surface area contributed by atoms with Crippen molar-refractivity contribution in [2.75, 3.05) is 0 Å². The van der Waals surface area contributed by atoms with Crippen LogP contribution < -0.4 is 0 Å². The Morgan fingerprint density at radius 1 is 1.07 bits per heavy atom. The molecular formula is C23H21ClO3. The number of hydrogen-bond donors (Lipinski definition) is 0. The zero-order valence-corrected chi connectivity index (χ0v) is 15.7. The molecule has 138 valence electrons. The molecule has 0 spiro atoms. The van der Waals surface area contributed by atoms with Gasteiger partial charge in [0.25, 0.3) is 0 Å². The summed E-state index contributed by atoms with van der Waals surface area (Å²) in [5, 5.41) is 0.721. The van der Waals surface area contributed by atoms with Crippen molar-refractivity contribution in [2.24, 2.45) is 0 Å². The largest absolute Gasteiger partial charge is 0.469 e. The number of halogens is 1. The summed E-state index contributed by atoms with van der Waals surface area (Å²) in [6.45, 7) is 0.226. The van der Waals surface area contributed by atoms with E-state index in [0.717, 1.165) is 28.3 Å². The standard InChI is InChI=1S/C23H21ClO3/c24-20-9-8-19(22(13-20)18-6-7-18)12-23(25)27-15-17-11-21(26-14-17)10-16-4-2-1-3-5-16/h1-5,8-9,11,13-14,18H,6-7,10,12,15H2. The number of hydrogen-bond acceptors (Lipinski definition) is 3. The first-order valence-electron chi connectivity index (χ1n) is 9.21. The molecule has 1 fully saturated rings. The van der Waals surface area contributed by atoms with Crippen molar-refractivity contribution >= 4 is 17.6 Å². The van der Waals surface area contributed by atoms with Crippen molar-refractivity contribution in [3.63, 3.8) is 0 Å². The van der Waals surface area contributed by atoms with Crippen LogP contribution in [0.3, 0.4) is 0 Å². The average molecular weight is 381 g/mol. The maximum atomic E-state index is 12.3. The molecule has 1 aromatic heterocycles. The Labute approximate surface area is 163 Å². The first-order valence-corrected chi connectivity index (χ1v) is 9.59. The summed E-state index contributed by atoms with van der Waals surface area (Å²) in [4.78, 5) is 12.3. The lowest BCUT2D eigenvalue weighted by Crippen LogP contribution is -2.09. The molecule has 3 aromatic rings. The second-order valence-electron chi connectivity index (χ2n) is 7.04. The number of benzene rings is 2. The predicted molar refractivity (Wildman–Crippen MR) is 105 cm³/mol. The van der Waals surface area contributed by atoms with Gasteiger partial charge in [0, 0.05) is 17.0 Å². The molecule has 0 atom stereocenters. The van der Waals surface area contributed by atoms with Gasteiger partial charge in [0.1, 0.15) is 12.4 Å². The first kappa shape index (κ1) is 17.9. The molecule has 0 unspecified atom stereocenters. The minimum atomic E-state index is -0.231. The normalized spacial score (nSPS) is 13.5. The molecule has 4 rings (SSSR count). The van der Waals surface area contributed by atoms with Gasteiger partial charge in [-0.15, -0.1) is 0 Å². The van der Waals surface area contributed by atoms with E-state index in [1.165, 1.54) is 24.0 Å².